The van der Waals surface area contributed by atoms with E-state index >= 15 is 0 Å². The zero-order chi connectivity index (χ0) is 18.0. The van der Waals surface area contributed by atoms with E-state index in [1.54, 1.807) is 48.5 Å². The lowest BCUT2D eigenvalue weighted by atomic mass is 10.1. The Bertz CT molecular complexity index is 474. The molecule has 0 unspecified atom stereocenters. The summed E-state index contributed by atoms with van der Waals surface area (Å²) >= 11 is 0. The predicted octanol–water partition coefficient (Wildman–Crippen LogP) is 3.25. The number of imide groups is 1. The van der Waals surface area contributed by atoms with Crippen LogP contribution in [0, 0.1) is 0 Å². The number of nitrogens with zero attached hydrogens (tertiary/aromatic N) is 1. The van der Waals surface area contributed by atoms with Crippen molar-refractivity contribution in [2.75, 3.05) is 0 Å². The number of carbonyl (C=O) groups is 3. The van der Waals surface area contributed by atoms with Crippen LogP contribution in [0.5, 0.6) is 0 Å². The van der Waals surface area contributed by atoms with Crippen LogP contribution in [0.3, 0.4) is 0 Å². The smallest absolute Gasteiger partial charge is 0.443 e. The molecular weight excluding hydrogens is 302 g/mol. The Morgan fingerprint density at radius 2 is 1.61 bits per heavy atom. The minimum Gasteiger partial charge on any atom is -0.443 e. The molecule has 0 aromatic heterocycles. The Balaban J connectivity index is 2.75. The van der Waals surface area contributed by atoms with Crippen molar-refractivity contribution in [3.05, 3.63) is 0 Å². The van der Waals surface area contributed by atoms with Gasteiger partial charge in [-0.3, -0.25) is 4.79 Å². The average Bonchev–Trinajstić information content (AvgIpc) is 2.65. The Labute approximate surface area is 137 Å². The molecule has 0 aromatic rings. The zero-order valence-electron chi connectivity index (χ0n) is 15.0. The van der Waals surface area contributed by atoms with E-state index in [-0.39, 0.29) is 12.3 Å². The zero-order valence-corrected chi connectivity index (χ0v) is 15.0. The van der Waals surface area contributed by atoms with E-state index in [1.807, 2.05) is 0 Å². The van der Waals surface area contributed by atoms with Gasteiger partial charge >= 0.3 is 12.2 Å². The largest absolute Gasteiger partial charge is 0.509 e. The molecular formula is C16H27NO6. The van der Waals surface area contributed by atoms with Crippen LogP contribution >= 0.6 is 0 Å². The van der Waals surface area contributed by atoms with E-state index < -0.39 is 35.6 Å². The standard InChI is InChI=1S/C16H27NO6/c1-10(21-14(20)23-16(5,6)7)11-8-9-12(18)17(11)13(19)22-15(2,3)4/h10-11H,8-9H2,1-7H3/t10-,11+/m1/s1. The van der Waals surface area contributed by atoms with Gasteiger partial charge in [0.05, 0.1) is 6.04 Å². The van der Waals surface area contributed by atoms with E-state index in [2.05, 4.69) is 0 Å². The van der Waals surface area contributed by atoms with E-state index in [0.29, 0.717) is 6.42 Å². The summed E-state index contributed by atoms with van der Waals surface area (Å²) in [6.45, 7) is 12.0. The summed E-state index contributed by atoms with van der Waals surface area (Å²) in [6, 6.07) is -0.551. The van der Waals surface area contributed by atoms with Gasteiger partial charge in [-0.15, -0.1) is 0 Å². The number of rotatable bonds is 2. The molecule has 0 radical (unpaired) electrons. The van der Waals surface area contributed by atoms with E-state index in [9.17, 15) is 14.4 Å². The van der Waals surface area contributed by atoms with Crippen LogP contribution in [-0.2, 0) is 19.0 Å². The molecule has 1 aliphatic rings. The molecule has 7 nitrogen and oxygen atoms in total. The van der Waals surface area contributed by atoms with Crippen LogP contribution in [0.15, 0.2) is 0 Å². The van der Waals surface area contributed by atoms with E-state index in [4.69, 9.17) is 14.2 Å². The summed E-state index contributed by atoms with van der Waals surface area (Å²) in [6.07, 6.45) is -1.59. The van der Waals surface area contributed by atoms with Crippen molar-refractivity contribution in [3.8, 4) is 0 Å². The van der Waals surface area contributed by atoms with Crippen LogP contribution in [0.25, 0.3) is 0 Å². The lowest BCUT2D eigenvalue weighted by Gasteiger charge is -2.30. The van der Waals surface area contributed by atoms with Crippen LogP contribution in [0.2, 0.25) is 0 Å². The molecule has 23 heavy (non-hydrogen) atoms. The second-order valence-corrected chi connectivity index (χ2v) is 7.64. The lowest BCUT2D eigenvalue weighted by Crippen LogP contribution is -2.47. The molecule has 1 rings (SSSR count). The monoisotopic (exact) mass is 329 g/mol. The first-order chi connectivity index (χ1) is 10.3. The minimum absolute atomic E-state index is 0.214. The summed E-state index contributed by atoms with van der Waals surface area (Å²) in [5, 5.41) is 0. The van der Waals surface area contributed by atoms with Gasteiger partial charge in [-0.05, 0) is 54.9 Å². The molecule has 0 saturated carbocycles. The first-order valence-corrected chi connectivity index (χ1v) is 7.75. The number of hydrogen-bond donors (Lipinski definition) is 0. The summed E-state index contributed by atoms with van der Waals surface area (Å²) in [7, 11) is 0. The topological polar surface area (TPSA) is 82.1 Å². The maximum Gasteiger partial charge on any atom is 0.509 e. The number of ether oxygens (including phenoxy) is 3. The molecule has 0 N–H and O–H groups in total. The summed E-state index contributed by atoms with van der Waals surface area (Å²) in [5.74, 6) is -0.330. The first-order valence-electron chi connectivity index (χ1n) is 7.75. The van der Waals surface area contributed by atoms with Crippen molar-refractivity contribution in [2.24, 2.45) is 0 Å². The Morgan fingerprint density at radius 3 is 2.09 bits per heavy atom. The number of carbonyl (C=O) groups excluding carboxylic acids is 3. The Morgan fingerprint density at radius 1 is 1.09 bits per heavy atom. The highest BCUT2D eigenvalue weighted by atomic mass is 16.7. The second-order valence-electron chi connectivity index (χ2n) is 7.64. The van der Waals surface area contributed by atoms with Gasteiger partial charge in [0.25, 0.3) is 0 Å². The highest BCUT2D eigenvalue weighted by molar-refractivity contribution is 5.94. The molecule has 0 aliphatic carbocycles. The van der Waals surface area contributed by atoms with Crippen molar-refractivity contribution < 1.29 is 28.6 Å². The van der Waals surface area contributed by atoms with Crippen LogP contribution < -0.4 is 0 Å². The van der Waals surface area contributed by atoms with Gasteiger partial charge in [-0.1, -0.05) is 0 Å². The van der Waals surface area contributed by atoms with E-state index in [1.165, 1.54) is 0 Å². The predicted molar refractivity (Wildman–Crippen MR) is 82.9 cm³/mol. The fourth-order valence-corrected chi connectivity index (χ4v) is 2.20. The molecule has 0 bridgehead atoms. The normalized spacial score (nSPS) is 20.2. The van der Waals surface area contributed by atoms with Crippen LogP contribution in [0.1, 0.15) is 61.3 Å². The molecule has 1 fully saturated rings. The van der Waals surface area contributed by atoms with Gasteiger partial charge in [0, 0.05) is 6.42 Å². The van der Waals surface area contributed by atoms with Crippen molar-refractivity contribution in [1.82, 2.24) is 4.90 Å². The fourth-order valence-electron chi connectivity index (χ4n) is 2.20. The molecule has 1 heterocycles. The minimum atomic E-state index is -0.825. The number of likely N-dealkylation sites (tertiary alicyclic amines) is 1. The third-order valence-electron chi connectivity index (χ3n) is 3.06. The molecule has 0 spiro atoms. The number of amides is 2. The van der Waals surface area contributed by atoms with E-state index in [0.717, 1.165) is 4.90 Å². The lowest BCUT2D eigenvalue weighted by molar-refractivity contribution is -0.130. The van der Waals surface area contributed by atoms with Crippen molar-refractivity contribution in [1.29, 1.82) is 0 Å². The quantitative estimate of drug-likeness (QED) is 0.723. The van der Waals surface area contributed by atoms with Gasteiger partial charge in [0.1, 0.15) is 17.3 Å². The Kier molecular flexibility index (Phi) is 5.66. The summed E-state index contributed by atoms with van der Waals surface area (Å²) < 4.78 is 15.5. The van der Waals surface area contributed by atoms with Gasteiger partial charge in [0.15, 0.2) is 0 Å². The van der Waals surface area contributed by atoms with Crippen LogP contribution in [-0.4, -0.2) is 46.4 Å². The van der Waals surface area contributed by atoms with Crippen molar-refractivity contribution in [2.45, 2.75) is 84.7 Å². The maximum absolute atomic E-state index is 12.2. The van der Waals surface area contributed by atoms with Gasteiger partial charge in [0.2, 0.25) is 5.91 Å². The SMILES string of the molecule is C[C@@H](OC(=O)OC(C)(C)C)[C@@H]1CCC(=O)N1C(=O)OC(C)(C)C. The van der Waals surface area contributed by atoms with Crippen LogP contribution in [0.4, 0.5) is 9.59 Å². The second kappa shape index (κ2) is 6.76. The van der Waals surface area contributed by atoms with Crippen molar-refractivity contribution in [3.63, 3.8) is 0 Å². The van der Waals surface area contributed by atoms with Gasteiger partial charge < -0.3 is 14.2 Å². The summed E-state index contributed by atoms with van der Waals surface area (Å²) in [4.78, 5) is 37.0. The molecule has 132 valence electrons. The Hall–Kier alpha value is -1.79. The van der Waals surface area contributed by atoms with Crippen molar-refractivity contribution >= 4 is 18.2 Å². The average molecular weight is 329 g/mol. The fraction of sp³-hybridized carbons (Fsp3) is 0.812. The molecule has 2 amide bonds. The van der Waals surface area contributed by atoms with Gasteiger partial charge in [-0.25, -0.2) is 14.5 Å². The maximum atomic E-state index is 12.2. The molecule has 1 saturated heterocycles. The highest BCUT2D eigenvalue weighted by Crippen LogP contribution is 2.26. The summed E-state index contributed by atoms with van der Waals surface area (Å²) in [5.41, 5.74) is -1.38. The molecule has 2 atom stereocenters. The molecule has 0 aromatic carbocycles. The highest BCUT2D eigenvalue weighted by Gasteiger charge is 2.42. The van der Waals surface area contributed by atoms with Gasteiger partial charge in [-0.2, -0.15) is 0 Å². The number of hydrogen-bond acceptors (Lipinski definition) is 6. The molecule has 7 heteroatoms. The third-order valence-corrected chi connectivity index (χ3v) is 3.06. The third kappa shape index (κ3) is 6.08. The first kappa shape index (κ1) is 19.3. The molecule has 1 aliphatic heterocycles.